The number of alkyl halides is 1. The topological polar surface area (TPSA) is 85.2 Å². The first-order valence-corrected chi connectivity index (χ1v) is 10.5. The van der Waals surface area contributed by atoms with Crippen LogP contribution in [0, 0.1) is 10.1 Å². The summed E-state index contributed by atoms with van der Waals surface area (Å²) in [5.41, 5.74) is 3.90. The van der Waals surface area contributed by atoms with Crippen LogP contribution in [0.2, 0.25) is 0 Å². The highest BCUT2D eigenvalue weighted by Gasteiger charge is 2.61. The molecule has 30 heavy (non-hydrogen) atoms. The first kappa shape index (κ1) is 19.6. The minimum atomic E-state index is -1.64. The number of para-hydroxylation sites is 1. The number of halogens is 1. The molecule has 9 heteroatoms. The Morgan fingerprint density at radius 2 is 1.73 bits per heavy atom. The molecular formula is C21H20BrN3O5. The summed E-state index contributed by atoms with van der Waals surface area (Å²) in [7, 11) is 0. The van der Waals surface area contributed by atoms with E-state index in [0.717, 1.165) is 19.5 Å². The maximum atomic E-state index is 13.5. The van der Waals surface area contributed by atoms with Gasteiger partial charge in [0.15, 0.2) is 0 Å². The molecule has 156 valence electrons. The van der Waals surface area contributed by atoms with Crippen LogP contribution < -0.4 is 4.90 Å². The molecule has 3 aliphatic rings. The SMILES string of the molecule is O=C1N(CN2CCc3ccccc3C2)c2ccccc2C12OCC(Br)([N+](=O)[O-])CO2. The van der Waals surface area contributed by atoms with Gasteiger partial charge in [-0.25, -0.2) is 0 Å². The fraction of sp³-hybridized carbons (Fsp3) is 0.381. The fourth-order valence-electron chi connectivity index (χ4n) is 4.30. The second-order valence-corrected chi connectivity index (χ2v) is 9.31. The molecule has 5 rings (SSSR count). The van der Waals surface area contributed by atoms with E-state index in [1.54, 1.807) is 11.0 Å². The van der Waals surface area contributed by atoms with E-state index < -0.39 is 15.2 Å². The highest BCUT2D eigenvalue weighted by atomic mass is 79.9. The van der Waals surface area contributed by atoms with Gasteiger partial charge in [0.25, 0.3) is 11.7 Å². The van der Waals surface area contributed by atoms with E-state index in [0.29, 0.717) is 17.9 Å². The molecule has 3 aliphatic heterocycles. The molecule has 0 N–H and O–H groups in total. The largest absolute Gasteiger partial charge is 0.330 e. The molecule has 0 bridgehead atoms. The van der Waals surface area contributed by atoms with Gasteiger partial charge in [-0.3, -0.25) is 24.7 Å². The smallest absolute Gasteiger partial charge is 0.320 e. The Hall–Kier alpha value is -2.33. The number of benzene rings is 2. The third kappa shape index (κ3) is 2.96. The lowest BCUT2D eigenvalue weighted by atomic mass is 10.0. The lowest BCUT2D eigenvalue weighted by Gasteiger charge is -2.37. The molecule has 1 saturated heterocycles. The number of fused-ring (bicyclic) bond motifs is 3. The summed E-state index contributed by atoms with van der Waals surface area (Å²) in [4.78, 5) is 28.2. The third-order valence-corrected chi connectivity index (χ3v) is 6.70. The highest BCUT2D eigenvalue weighted by molar-refractivity contribution is 9.10. The molecule has 0 atom stereocenters. The van der Waals surface area contributed by atoms with Crippen LogP contribution in [0.1, 0.15) is 16.7 Å². The number of anilines is 1. The summed E-state index contributed by atoms with van der Waals surface area (Å²) < 4.78 is 10.0. The second-order valence-electron chi connectivity index (χ2n) is 7.83. The number of hydrogen-bond donors (Lipinski definition) is 0. The van der Waals surface area contributed by atoms with Gasteiger partial charge in [-0.05, 0) is 23.6 Å². The van der Waals surface area contributed by atoms with Crippen LogP contribution >= 0.6 is 15.9 Å². The van der Waals surface area contributed by atoms with Gasteiger partial charge >= 0.3 is 4.45 Å². The zero-order valence-electron chi connectivity index (χ0n) is 16.1. The minimum Gasteiger partial charge on any atom is -0.330 e. The van der Waals surface area contributed by atoms with Crippen molar-refractivity contribution in [1.82, 2.24) is 4.90 Å². The van der Waals surface area contributed by atoms with Crippen molar-refractivity contribution in [3.63, 3.8) is 0 Å². The van der Waals surface area contributed by atoms with E-state index >= 15 is 0 Å². The summed E-state index contributed by atoms with van der Waals surface area (Å²) >= 11 is 3.08. The standard InChI is InChI=1S/C21H20BrN3O5/c22-20(25(27)28)12-29-21(30-13-20)17-7-3-4-8-18(17)24(19(21)26)14-23-10-9-15-5-1-2-6-16(15)11-23/h1-8H,9-14H2. The van der Waals surface area contributed by atoms with Crippen molar-refractivity contribution >= 4 is 27.5 Å². The van der Waals surface area contributed by atoms with E-state index in [1.807, 2.05) is 30.3 Å². The van der Waals surface area contributed by atoms with Crippen LogP contribution in [0.15, 0.2) is 48.5 Å². The van der Waals surface area contributed by atoms with E-state index in [9.17, 15) is 14.9 Å². The molecule has 2 aromatic rings. The second kappa shape index (κ2) is 7.12. The van der Waals surface area contributed by atoms with Crippen molar-refractivity contribution in [3.05, 3.63) is 75.3 Å². The number of hydrogen-bond acceptors (Lipinski definition) is 6. The van der Waals surface area contributed by atoms with Crippen LogP contribution in [0.25, 0.3) is 0 Å². The summed E-state index contributed by atoms with van der Waals surface area (Å²) in [6.45, 7) is 1.44. The Morgan fingerprint density at radius 1 is 1.07 bits per heavy atom. The number of amides is 1. The molecule has 0 radical (unpaired) electrons. The number of ether oxygens (including phenoxy) is 2. The van der Waals surface area contributed by atoms with Gasteiger partial charge < -0.3 is 9.47 Å². The summed E-state index contributed by atoms with van der Waals surface area (Å²) in [6, 6.07) is 15.6. The van der Waals surface area contributed by atoms with Gasteiger partial charge in [0.1, 0.15) is 13.2 Å². The van der Waals surface area contributed by atoms with Crippen LogP contribution in [0.4, 0.5) is 5.69 Å². The lowest BCUT2D eigenvalue weighted by molar-refractivity contribution is -0.561. The Bertz CT molecular complexity index is 1020. The lowest BCUT2D eigenvalue weighted by Crippen LogP contribution is -2.57. The van der Waals surface area contributed by atoms with Crippen molar-refractivity contribution < 1.29 is 19.2 Å². The van der Waals surface area contributed by atoms with Gasteiger partial charge in [-0.2, -0.15) is 0 Å². The van der Waals surface area contributed by atoms with Crippen LogP contribution in [0.5, 0.6) is 0 Å². The van der Waals surface area contributed by atoms with Crippen LogP contribution in [-0.4, -0.2) is 46.6 Å². The molecule has 8 nitrogen and oxygen atoms in total. The third-order valence-electron chi connectivity index (χ3n) is 5.95. The Kier molecular flexibility index (Phi) is 4.66. The van der Waals surface area contributed by atoms with E-state index in [2.05, 4.69) is 33.0 Å². The Balaban J connectivity index is 1.42. The van der Waals surface area contributed by atoms with Gasteiger partial charge in [-0.15, -0.1) is 0 Å². The normalized spacial score (nSPS) is 28.4. The maximum Gasteiger partial charge on any atom is 0.320 e. The molecule has 0 aromatic heterocycles. The number of carbonyl (C=O) groups is 1. The zero-order valence-corrected chi connectivity index (χ0v) is 17.7. The van der Waals surface area contributed by atoms with Crippen molar-refractivity contribution in [1.29, 1.82) is 0 Å². The molecule has 0 unspecified atom stereocenters. The van der Waals surface area contributed by atoms with Gasteiger partial charge in [0, 0.05) is 39.5 Å². The maximum absolute atomic E-state index is 13.5. The molecule has 0 aliphatic carbocycles. The summed E-state index contributed by atoms with van der Waals surface area (Å²) in [5, 5.41) is 11.3. The molecule has 1 amide bonds. The molecular weight excluding hydrogens is 454 g/mol. The highest BCUT2D eigenvalue weighted by Crippen LogP contribution is 2.47. The predicted octanol–water partition coefficient (Wildman–Crippen LogP) is 2.62. The molecule has 1 spiro atoms. The summed E-state index contributed by atoms with van der Waals surface area (Å²) in [6.07, 6.45) is 0.924. The van der Waals surface area contributed by atoms with Crippen molar-refractivity contribution in [2.75, 3.05) is 31.3 Å². The molecule has 1 fully saturated rings. The molecule has 0 saturated carbocycles. The van der Waals surface area contributed by atoms with Crippen molar-refractivity contribution in [3.8, 4) is 0 Å². The molecule has 3 heterocycles. The van der Waals surface area contributed by atoms with Crippen molar-refractivity contribution in [2.24, 2.45) is 0 Å². The number of rotatable bonds is 3. The van der Waals surface area contributed by atoms with Gasteiger partial charge in [-0.1, -0.05) is 42.5 Å². The van der Waals surface area contributed by atoms with E-state index in [4.69, 9.17) is 9.47 Å². The summed E-state index contributed by atoms with van der Waals surface area (Å²) in [5.74, 6) is -1.99. The van der Waals surface area contributed by atoms with Crippen LogP contribution in [-0.2, 0) is 33.0 Å². The van der Waals surface area contributed by atoms with Crippen LogP contribution in [0.3, 0.4) is 0 Å². The Morgan fingerprint density at radius 3 is 2.47 bits per heavy atom. The average Bonchev–Trinajstić information content (AvgIpc) is 2.99. The first-order valence-electron chi connectivity index (χ1n) is 9.75. The van der Waals surface area contributed by atoms with Crippen molar-refractivity contribution in [2.45, 2.75) is 23.2 Å². The number of carbonyl (C=O) groups excluding carboxylic acids is 1. The van der Waals surface area contributed by atoms with E-state index in [1.165, 1.54) is 11.1 Å². The number of nitrogens with zero attached hydrogens (tertiary/aromatic N) is 3. The first-order chi connectivity index (χ1) is 14.4. The number of nitro groups is 1. The fourth-order valence-corrected chi connectivity index (χ4v) is 4.53. The monoisotopic (exact) mass is 473 g/mol. The quantitative estimate of drug-likeness (QED) is 0.294. The van der Waals surface area contributed by atoms with Gasteiger partial charge in [0.2, 0.25) is 0 Å². The molecule has 2 aromatic carbocycles. The average molecular weight is 474 g/mol. The minimum absolute atomic E-state index is 0.273. The Labute approximate surface area is 181 Å². The van der Waals surface area contributed by atoms with E-state index in [-0.39, 0.29) is 19.1 Å². The van der Waals surface area contributed by atoms with Gasteiger partial charge in [0.05, 0.1) is 12.4 Å². The predicted molar refractivity (Wildman–Crippen MR) is 112 cm³/mol. The zero-order chi connectivity index (χ0) is 20.9.